The Morgan fingerprint density at radius 2 is 1.67 bits per heavy atom. The van der Waals surface area contributed by atoms with E-state index in [0.717, 1.165) is 11.1 Å². The fraction of sp³-hybridized carbons (Fsp3) is 0.263. The van der Waals surface area contributed by atoms with Crippen molar-refractivity contribution in [2.24, 2.45) is 5.92 Å². The second-order valence-electron chi connectivity index (χ2n) is 5.52. The maximum atomic E-state index is 12.0. The number of ether oxygens (including phenoxy) is 2. The molecule has 126 valence electrons. The standard InChI is InChI=1S/C19H21NO4/c1-23-19(22)16(11-14-7-9-17(20)10-8-14)12-18(21)24-13-15-5-3-2-4-6-15/h2-10,16H,11-13,20H2,1H3/t16-/m1/s1. The summed E-state index contributed by atoms with van der Waals surface area (Å²) < 4.78 is 10.0. The van der Waals surface area contributed by atoms with Gasteiger partial charge >= 0.3 is 11.9 Å². The lowest BCUT2D eigenvalue weighted by Crippen LogP contribution is -2.23. The molecule has 1 atom stereocenters. The van der Waals surface area contributed by atoms with Crippen molar-refractivity contribution in [2.75, 3.05) is 12.8 Å². The minimum Gasteiger partial charge on any atom is -0.469 e. The van der Waals surface area contributed by atoms with Crippen LogP contribution in [-0.2, 0) is 32.1 Å². The number of nitrogens with two attached hydrogens (primary N) is 1. The molecular weight excluding hydrogens is 306 g/mol. The molecule has 0 aliphatic rings. The molecule has 0 aromatic heterocycles. The molecule has 5 nitrogen and oxygen atoms in total. The van der Waals surface area contributed by atoms with Crippen molar-refractivity contribution in [3.05, 3.63) is 65.7 Å². The molecular formula is C19H21NO4. The van der Waals surface area contributed by atoms with E-state index in [1.165, 1.54) is 7.11 Å². The summed E-state index contributed by atoms with van der Waals surface area (Å²) in [6.45, 7) is 0.190. The van der Waals surface area contributed by atoms with Crippen LogP contribution in [-0.4, -0.2) is 19.0 Å². The van der Waals surface area contributed by atoms with Crippen LogP contribution in [0.1, 0.15) is 17.5 Å². The first kappa shape index (κ1) is 17.5. The number of esters is 2. The van der Waals surface area contributed by atoms with E-state index in [9.17, 15) is 9.59 Å². The summed E-state index contributed by atoms with van der Waals surface area (Å²) in [5.74, 6) is -1.44. The predicted octanol–water partition coefficient (Wildman–Crippen LogP) is 2.73. The third-order valence-electron chi connectivity index (χ3n) is 3.65. The van der Waals surface area contributed by atoms with Crippen LogP contribution in [0, 0.1) is 5.92 Å². The van der Waals surface area contributed by atoms with Crippen LogP contribution < -0.4 is 5.73 Å². The summed E-state index contributed by atoms with van der Waals surface area (Å²) in [4.78, 5) is 24.0. The number of rotatable bonds is 7. The first-order chi connectivity index (χ1) is 11.6. The van der Waals surface area contributed by atoms with Gasteiger partial charge in [-0.2, -0.15) is 0 Å². The second-order valence-corrected chi connectivity index (χ2v) is 5.52. The fourth-order valence-corrected chi connectivity index (χ4v) is 2.34. The Balaban J connectivity index is 1.93. The summed E-state index contributed by atoms with van der Waals surface area (Å²) in [5.41, 5.74) is 8.12. The minimum atomic E-state index is -0.582. The average molecular weight is 327 g/mol. The molecule has 2 N–H and O–H groups in total. The Hall–Kier alpha value is -2.82. The largest absolute Gasteiger partial charge is 0.469 e. The lowest BCUT2D eigenvalue weighted by Gasteiger charge is -2.14. The van der Waals surface area contributed by atoms with Crippen LogP contribution in [0.3, 0.4) is 0 Å². The molecule has 0 aliphatic heterocycles. The Bertz CT molecular complexity index is 668. The quantitative estimate of drug-likeness (QED) is 0.625. The van der Waals surface area contributed by atoms with Gasteiger partial charge in [0.1, 0.15) is 6.61 Å². The smallest absolute Gasteiger partial charge is 0.309 e. The maximum Gasteiger partial charge on any atom is 0.309 e. The van der Waals surface area contributed by atoms with Gasteiger partial charge < -0.3 is 15.2 Å². The molecule has 0 radical (unpaired) electrons. The van der Waals surface area contributed by atoms with Gasteiger partial charge in [-0.05, 0) is 29.7 Å². The Morgan fingerprint density at radius 1 is 1.00 bits per heavy atom. The number of hydrogen-bond donors (Lipinski definition) is 1. The first-order valence-corrected chi connectivity index (χ1v) is 7.70. The Kier molecular flexibility index (Phi) is 6.37. The molecule has 0 bridgehead atoms. The molecule has 2 rings (SSSR count). The lowest BCUT2D eigenvalue weighted by molar-refractivity contribution is -0.154. The normalized spacial score (nSPS) is 11.5. The molecule has 5 heteroatoms. The van der Waals surface area contributed by atoms with Crippen LogP contribution >= 0.6 is 0 Å². The van der Waals surface area contributed by atoms with Gasteiger partial charge in [-0.25, -0.2) is 0 Å². The third kappa shape index (κ3) is 5.43. The predicted molar refractivity (Wildman–Crippen MR) is 90.9 cm³/mol. The van der Waals surface area contributed by atoms with Crippen LogP contribution in [0.25, 0.3) is 0 Å². The van der Waals surface area contributed by atoms with E-state index in [0.29, 0.717) is 12.1 Å². The fourth-order valence-electron chi connectivity index (χ4n) is 2.34. The van der Waals surface area contributed by atoms with Gasteiger partial charge in [-0.15, -0.1) is 0 Å². The monoisotopic (exact) mass is 327 g/mol. The SMILES string of the molecule is COC(=O)[C@@H](CC(=O)OCc1ccccc1)Cc1ccc(N)cc1. The van der Waals surface area contributed by atoms with Crippen molar-refractivity contribution in [2.45, 2.75) is 19.4 Å². The van der Waals surface area contributed by atoms with Gasteiger partial charge in [0, 0.05) is 5.69 Å². The van der Waals surface area contributed by atoms with E-state index in [4.69, 9.17) is 15.2 Å². The molecule has 0 unspecified atom stereocenters. The molecule has 0 spiro atoms. The van der Waals surface area contributed by atoms with Crippen molar-refractivity contribution in [1.82, 2.24) is 0 Å². The van der Waals surface area contributed by atoms with Crippen LogP contribution in [0.2, 0.25) is 0 Å². The van der Waals surface area contributed by atoms with Gasteiger partial charge in [0.15, 0.2) is 0 Å². The van der Waals surface area contributed by atoms with Crippen molar-refractivity contribution >= 4 is 17.6 Å². The van der Waals surface area contributed by atoms with Crippen molar-refractivity contribution < 1.29 is 19.1 Å². The van der Waals surface area contributed by atoms with Crippen molar-refractivity contribution in [3.8, 4) is 0 Å². The summed E-state index contributed by atoms with van der Waals surface area (Å²) >= 11 is 0. The zero-order valence-corrected chi connectivity index (χ0v) is 13.6. The molecule has 0 heterocycles. The number of methoxy groups -OCH3 is 1. The zero-order valence-electron chi connectivity index (χ0n) is 13.6. The first-order valence-electron chi connectivity index (χ1n) is 7.70. The number of nitrogen functional groups attached to an aromatic ring is 1. The molecule has 0 saturated heterocycles. The van der Waals surface area contributed by atoms with Gasteiger partial charge in [-0.3, -0.25) is 9.59 Å². The van der Waals surface area contributed by atoms with E-state index >= 15 is 0 Å². The van der Waals surface area contributed by atoms with E-state index in [1.807, 2.05) is 42.5 Å². The highest BCUT2D eigenvalue weighted by atomic mass is 16.5. The van der Waals surface area contributed by atoms with E-state index < -0.39 is 17.9 Å². The summed E-state index contributed by atoms with van der Waals surface area (Å²) in [5, 5.41) is 0. The Morgan fingerprint density at radius 3 is 2.29 bits per heavy atom. The maximum absolute atomic E-state index is 12.0. The number of hydrogen-bond acceptors (Lipinski definition) is 5. The average Bonchev–Trinajstić information content (AvgIpc) is 2.61. The zero-order chi connectivity index (χ0) is 17.4. The van der Waals surface area contributed by atoms with Crippen LogP contribution in [0.5, 0.6) is 0 Å². The second kappa shape index (κ2) is 8.72. The van der Waals surface area contributed by atoms with E-state index in [-0.39, 0.29) is 13.0 Å². The summed E-state index contributed by atoms with van der Waals surface area (Å²) in [6, 6.07) is 16.6. The van der Waals surface area contributed by atoms with Gasteiger partial charge in [-0.1, -0.05) is 42.5 Å². The number of benzene rings is 2. The van der Waals surface area contributed by atoms with Crippen molar-refractivity contribution in [3.63, 3.8) is 0 Å². The molecule has 0 saturated carbocycles. The molecule has 24 heavy (non-hydrogen) atoms. The number of carbonyl (C=O) groups excluding carboxylic acids is 2. The summed E-state index contributed by atoms with van der Waals surface area (Å²) in [7, 11) is 1.31. The molecule has 0 amide bonds. The number of carbonyl (C=O) groups is 2. The molecule has 0 fully saturated rings. The Labute approximate surface area is 141 Å². The van der Waals surface area contributed by atoms with Gasteiger partial charge in [0.05, 0.1) is 19.4 Å². The summed E-state index contributed by atoms with van der Waals surface area (Å²) in [6.07, 6.45) is 0.372. The highest BCUT2D eigenvalue weighted by Crippen LogP contribution is 2.17. The van der Waals surface area contributed by atoms with Gasteiger partial charge in [0.25, 0.3) is 0 Å². The minimum absolute atomic E-state index is 0.0239. The topological polar surface area (TPSA) is 78.6 Å². The van der Waals surface area contributed by atoms with Crippen molar-refractivity contribution in [1.29, 1.82) is 0 Å². The molecule has 2 aromatic rings. The van der Waals surface area contributed by atoms with E-state index in [2.05, 4.69) is 0 Å². The lowest BCUT2D eigenvalue weighted by atomic mass is 9.96. The number of anilines is 1. The molecule has 0 aliphatic carbocycles. The highest BCUT2D eigenvalue weighted by molar-refractivity contribution is 5.80. The van der Waals surface area contributed by atoms with Crippen LogP contribution in [0.4, 0.5) is 5.69 Å². The van der Waals surface area contributed by atoms with Gasteiger partial charge in [0.2, 0.25) is 0 Å². The molecule has 2 aromatic carbocycles. The van der Waals surface area contributed by atoms with Crippen LogP contribution in [0.15, 0.2) is 54.6 Å². The third-order valence-corrected chi connectivity index (χ3v) is 3.65. The van der Waals surface area contributed by atoms with E-state index in [1.54, 1.807) is 12.1 Å². The highest BCUT2D eigenvalue weighted by Gasteiger charge is 2.24.